The van der Waals surface area contributed by atoms with Gasteiger partial charge < -0.3 is 4.43 Å². The maximum atomic E-state index is 9.51. The molecule has 0 radical (unpaired) electrons. The Morgan fingerprint density at radius 2 is 2.05 bits per heavy atom. The molecule has 0 bridgehead atoms. The SMILES string of the molecule is C=C(C)[C@@H]1CC[C@]1(C#N)CCO[Si](C)(C)C(C)(C)C. The molecule has 1 saturated carbocycles. The molecule has 1 aliphatic carbocycles. The molecule has 108 valence electrons. The second-order valence-electron chi connectivity index (χ2n) is 7.56. The van der Waals surface area contributed by atoms with E-state index in [4.69, 9.17) is 4.43 Å². The van der Waals surface area contributed by atoms with Crippen molar-refractivity contribution in [1.82, 2.24) is 0 Å². The van der Waals surface area contributed by atoms with Gasteiger partial charge in [-0.15, -0.1) is 0 Å². The summed E-state index contributed by atoms with van der Waals surface area (Å²) in [6, 6.07) is 2.55. The predicted octanol–water partition coefficient (Wildman–Crippen LogP) is 4.89. The van der Waals surface area contributed by atoms with Crippen molar-refractivity contribution in [3.05, 3.63) is 12.2 Å². The maximum Gasteiger partial charge on any atom is 0.191 e. The number of hydrogen-bond donors (Lipinski definition) is 0. The van der Waals surface area contributed by atoms with Crippen LogP contribution in [0.3, 0.4) is 0 Å². The van der Waals surface area contributed by atoms with Crippen molar-refractivity contribution < 1.29 is 4.43 Å². The highest BCUT2D eigenvalue weighted by molar-refractivity contribution is 6.74. The van der Waals surface area contributed by atoms with E-state index in [1.165, 1.54) is 0 Å². The number of hydrogen-bond acceptors (Lipinski definition) is 2. The van der Waals surface area contributed by atoms with E-state index in [1.807, 2.05) is 6.92 Å². The van der Waals surface area contributed by atoms with Crippen molar-refractivity contribution in [2.75, 3.05) is 6.61 Å². The van der Waals surface area contributed by atoms with E-state index in [0.29, 0.717) is 12.5 Å². The van der Waals surface area contributed by atoms with Crippen molar-refractivity contribution in [3.63, 3.8) is 0 Å². The van der Waals surface area contributed by atoms with Gasteiger partial charge in [0.25, 0.3) is 0 Å². The highest BCUT2D eigenvalue weighted by Gasteiger charge is 2.47. The first-order valence-electron chi connectivity index (χ1n) is 7.26. The summed E-state index contributed by atoms with van der Waals surface area (Å²) >= 11 is 0. The molecule has 0 aromatic carbocycles. The fraction of sp³-hybridized carbons (Fsp3) is 0.812. The fourth-order valence-electron chi connectivity index (χ4n) is 2.55. The van der Waals surface area contributed by atoms with Crippen LogP contribution in [0.5, 0.6) is 0 Å². The molecule has 2 atom stereocenters. The molecule has 0 N–H and O–H groups in total. The fourth-order valence-corrected chi connectivity index (χ4v) is 3.59. The lowest BCUT2D eigenvalue weighted by Gasteiger charge is -2.46. The van der Waals surface area contributed by atoms with Gasteiger partial charge in [-0.3, -0.25) is 0 Å². The first-order chi connectivity index (χ1) is 8.56. The largest absolute Gasteiger partial charge is 0.417 e. The number of allylic oxidation sites excluding steroid dienone is 1. The van der Waals surface area contributed by atoms with Crippen LogP contribution in [-0.4, -0.2) is 14.9 Å². The minimum atomic E-state index is -1.69. The van der Waals surface area contributed by atoms with Crippen molar-refractivity contribution >= 4 is 8.32 Å². The Bertz CT molecular complexity index is 389. The zero-order valence-electron chi connectivity index (χ0n) is 13.5. The second-order valence-corrected chi connectivity index (χ2v) is 12.4. The van der Waals surface area contributed by atoms with Gasteiger partial charge in [0, 0.05) is 6.61 Å². The van der Waals surface area contributed by atoms with Crippen LogP contribution >= 0.6 is 0 Å². The topological polar surface area (TPSA) is 33.0 Å². The van der Waals surface area contributed by atoms with Gasteiger partial charge in [0.15, 0.2) is 8.32 Å². The molecule has 0 spiro atoms. The molecule has 19 heavy (non-hydrogen) atoms. The van der Waals surface area contributed by atoms with Crippen LogP contribution in [-0.2, 0) is 4.43 Å². The number of nitriles is 1. The lowest BCUT2D eigenvalue weighted by Crippen LogP contribution is -2.44. The third-order valence-electron chi connectivity index (χ3n) is 5.18. The third kappa shape index (κ3) is 3.30. The molecule has 0 unspecified atom stereocenters. The molecule has 2 nitrogen and oxygen atoms in total. The summed E-state index contributed by atoms with van der Waals surface area (Å²) < 4.78 is 6.21. The first-order valence-corrected chi connectivity index (χ1v) is 10.2. The molecule has 0 aromatic heterocycles. The Labute approximate surface area is 120 Å². The molecule has 0 aliphatic heterocycles. The molecule has 0 amide bonds. The van der Waals surface area contributed by atoms with Crippen LogP contribution < -0.4 is 0 Å². The molecular weight excluding hydrogens is 250 g/mol. The Morgan fingerprint density at radius 3 is 2.37 bits per heavy atom. The van der Waals surface area contributed by atoms with Crippen LogP contribution in [0.1, 0.15) is 47.0 Å². The minimum absolute atomic E-state index is 0.200. The molecule has 3 heteroatoms. The zero-order chi connectivity index (χ0) is 14.9. The third-order valence-corrected chi connectivity index (χ3v) is 9.72. The highest BCUT2D eigenvalue weighted by atomic mass is 28.4. The van der Waals surface area contributed by atoms with E-state index in [1.54, 1.807) is 0 Å². The Kier molecular flexibility index (Phi) is 4.69. The van der Waals surface area contributed by atoms with E-state index in [9.17, 15) is 5.26 Å². The summed E-state index contributed by atoms with van der Waals surface area (Å²) in [6.45, 7) is 18.1. The van der Waals surface area contributed by atoms with Crippen molar-refractivity contribution in [2.24, 2.45) is 11.3 Å². The van der Waals surface area contributed by atoms with Gasteiger partial charge in [-0.05, 0) is 50.2 Å². The number of rotatable bonds is 5. The molecule has 1 rings (SSSR count). The molecule has 1 aliphatic rings. The molecule has 0 heterocycles. The lowest BCUT2D eigenvalue weighted by molar-refractivity contribution is 0.0881. The second kappa shape index (κ2) is 5.42. The van der Waals surface area contributed by atoms with E-state index in [0.717, 1.165) is 24.8 Å². The Hall–Kier alpha value is -0.593. The summed E-state index contributed by atoms with van der Waals surface area (Å²) in [7, 11) is -1.69. The van der Waals surface area contributed by atoms with Crippen LogP contribution in [0.15, 0.2) is 12.2 Å². The Balaban J connectivity index is 2.58. The molecular formula is C16H29NOSi. The normalized spacial score (nSPS) is 27.5. The van der Waals surface area contributed by atoms with Gasteiger partial charge in [0.1, 0.15) is 0 Å². The predicted molar refractivity (Wildman–Crippen MR) is 83.4 cm³/mol. The smallest absolute Gasteiger partial charge is 0.191 e. The number of nitrogens with zero attached hydrogens (tertiary/aromatic N) is 1. The van der Waals surface area contributed by atoms with E-state index in [-0.39, 0.29) is 10.5 Å². The molecule has 0 saturated heterocycles. The monoisotopic (exact) mass is 279 g/mol. The van der Waals surface area contributed by atoms with Gasteiger partial charge in [-0.2, -0.15) is 5.26 Å². The minimum Gasteiger partial charge on any atom is -0.417 e. The maximum absolute atomic E-state index is 9.51. The standard InChI is InChI=1S/C16H29NOSi/c1-13(2)14-8-9-16(14,12-17)10-11-18-19(6,7)15(3,4)5/h14H,1,8-11H2,2-7H3/t14-,16+/m0/s1. The molecule has 0 aromatic rings. The summed E-state index contributed by atoms with van der Waals surface area (Å²) in [5.41, 5.74) is 0.953. The van der Waals surface area contributed by atoms with Crippen LogP contribution in [0.25, 0.3) is 0 Å². The quantitative estimate of drug-likeness (QED) is 0.530. The van der Waals surface area contributed by atoms with Gasteiger partial charge in [-0.25, -0.2) is 0 Å². The van der Waals surface area contributed by atoms with Gasteiger partial charge in [0.2, 0.25) is 0 Å². The zero-order valence-corrected chi connectivity index (χ0v) is 14.5. The highest BCUT2D eigenvalue weighted by Crippen LogP contribution is 2.52. The van der Waals surface area contributed by atoms with Gasteiger partial charge in [0.05, 0.1) is 11.5 Å². The Morgan fingerprint density at radius 1 is 1.47 bits per heavy atom. The first kappa shape index (κ1) is 16.5. The van der Waals surface area contributed by atoms with Gasteiger partial charge in [-0.1, -0.05) is 32.9 Å². The summed E-state index contributed by atoms with van der Waals surface area (Å²) in [5.74, 6) is 0.375. The van der Waals surface area contributed by atoms with Crippen LogP contribution in [0.4, 0.5) is 0 Å². The van der Waals surface area contributed by atoms with E-state index >= 15 is 0 Å². The van der Waals surface area contributed by atoms with E-state index in [2.05, 4.69) is 46.5 Å². The summed E-state index contributed by atoms with van der Waals surface area (Å²) in [5, 5.41) is 9.75. The van der Waals surface area contributed by atoms with Crippen molar-refractivity contribution in [3.8, 4) is 6.07 Å². The van der Waals surface area contributed by atoms with Gasteiger partial charge >= 0.3 is 0 Å². The average molecular weight is 280 g/mol. The van der Waals surface area contributed by atoms with Crippen molar-refractivity contribution in [2.45, 2.75) is 65.1 Å². The average Bonchev–Trinajstić information content (AvgIpc) is 2.20. The van der Waals surface area contributed by atoms with Crippen molar-refractivity contribution in [1.29, 1.82) is 5.26 Å². The molecule has 1 fully saturated rings. The van der Waals surface area contributed by atoms with Crippen LogP contribution in [0, 0.1) is 22.7 Å². The van der Waals surface area contributed by atoms with Crippen LogP contribution in [0.2, 0.25) is 18.1 Å². The summed E-state index contributed by atoms with van der Waals surface area (Å²) in [4.78, 5) is 0. The van der Waals surface area contributed by atoms with E-state index < -0.39 is 8.32 Å². The lowest BCUT2D eigenvalue weighted by atomic mass is 9.57. The summed E-state index contributed by atoms with van der Waals surface area (Å²) in [6.07, 6.45) is 2.97.